The minimum Gasteiger partial charge on any atom is -0.494 e. The summed E-state index contributed by atoms with van der Waals surface area (Å²) in [5.74, 6) is -0.572. The summed E-state index contributed by atoms with van der Waals surface area (Å²) in [4.78, 5) is 16.6. The molecule has 0 radical (unpaired) electrons. The topological polar surface area (TPSA) is 78.4 Å². The van der Waals surface area contributed by atoms with E-state index in [9.17, 15) is 19.6 Å². The number of aliphatic imine (C=N–C) groups is 1. The molecule has 0 atom stereocenters. The molecule has 0 bridgehead atoms. The third-order valence-corrected chi connectivity index (χ3v) is 4.00. The fourth-order valence-electron chi connectivity index (χ4n) is 2.52. The zero-order chi connectivity index (χ0) is 18.4. The summed E-state index contributed by atoms with van der Waals surface area (Å²) in [5.41, 5.74) is 0.699. The van der Waals surface area contributed by atoms with Gasteiger partial charge in [-0.2, -0.15) is 5.26 Å². The highest BCUT2D eigenvalue weighted by Crippen LogP contribution is 2.22. The summed E-state index contributed by atoms with van der Waals surface area (Å²) < 4.78 is 14.2. The average molecular weight is 341 g/mol. The maximum atomic E-state index is 13.0. The van der Waals surface area contributed by atoms with Crippen LogP contribution in [0.4, 0.5) is 10.1 Å². The summed E-state index contributed by atoms with van der Waals surface area (Å²) in [7, 11) is 0. The Morgan fingerprint density at radius 1 is 1.32 bits per heavy atom. The van der Waals surface area contributed by atoms with Gasteiger partial charge in [0.2, 0.25) is 5.88 Å². The van der Waals surface area contributed by atoms with Crippen molar-refractivity contribution in [2.24, 2.45) is 4.99 Å². The number of hydrogen-bond donors (Lipinski definition) is 1. The van der Waals surface area contributed by atoms with E-state index in [1.54, 1.807) is 6.92 Å². The van der Waals surface area contributed by atoms with Crippen LogP contribution in [-0.4, -0.2) is 15.9 Å². The highest BCUT2D eigenvalue weighted by Gasteiger charge is 2.17. The number of nitriles is 1. The van der Waals surface area contributed by atoms with E-state index >= 15 is 0 Å². The lowest BCUT2D eigenvalue weighted by Gasteiger charge is -2.13. The van der Waals surface area contributed by atoms with E-state index in [-0.39, 0.29) is 17.3 Å². The zero-order valence-corrected chi connectivity index (χ0v) is 14.3. The van der Waals surface area contributed by atoms with Crippen molar-refractivity contribution >= 4 is 11.9 Å². The van der Waals surface area contributed by atoms with Gasteiger partial charge in [0.1, 0.15) is 17.4 Å². The van der Waals surface area contributed by atoms with E-state index in [1.165, 1.54) is 35.0 Å². The molecule has 1 aromatic carbocycles. The molecule has 130 valence electrons. The Balaban J connectivity index is 2.49. The van der Waals surface area contributed by atoms with Crippen molar-refractivity contribution in [3.63, 3.8) is 0 Å². The number of aromatic nitrogens is 1. The predicted molar refractivity (Wildman–Crippen MR) is 95.0 cm³/mol. The van der Waals surface area contributed by atoms with Crippen LogP contribution < -0.4 is 5.56 Å². The van der Waals surface area contributed by atoms with E-state index in [0.29, 0.717) is 23.4 Å². The molecule has 0 aliphatic heterocycles. The summed E-state index contributed by atoms with van der Waals surface area (Å²) in [5, 5.41) is 19.8. The molecule has 5 nitrogen and oxygen atoms in total. The van der Waals surface area contributed by atoms with Crippen LogP contribution in [0.15, 0.2) is 34.1 Å². The molecule has 25 heavy (non-hydrogen) atoms. The normalized spacial score (nSPS) is 11.0. The SMILES string of the molecule is CCCCCn1c(O)c(C=Nc2ccc(F)cc2)c(C)c(C#N)c1=O. The van der Waals surface area contributed by atoms with Crippen molar-refractivity contribution in [3.05, 3.63) is 57.1 Å². The highest BCUT2D eigenvalue weighted by molar-refractivity contribution is 5.87. The first-order valence-electron chi connectivity index (χ1n) is 8.15. The van der Waals surface area contributed by atoms with Crippen LogP contribution in [-0.2, 0) is 6.54 Å². The number of unbranched alkanes of at least 4 members (excludes halogenated alkanes) is 2. The standard InChI is InChI=1S/C19H20FN3O2/c1-3-4-5-10-23-18(24)16(11-21)13(2)17(19(23)25)12-22-15-8-6-14(20)7-9-15/h6-9,12,25H,3-5,10H2,1-2H3. The third-order valence-electron chi connectivity index (χ3n) is 4.00. The van der Waals surface area contributed by atoms with Crippen LogP contribution in [0.5, 0.6) is 5.88 Å². The van der Waals surface area contributed by atoms with Gasteiger partial charge >= 0.3 is 0 Å². The lowest BCUT2D eigenvalue weighted by atomic mass is 10.1. The van der Waals surface area contributed by atoms with Crippen LogP contribution in [0.3, 0.4) is 0 Å². The Labute approximate surface area is 145 Å². The average Bonchev–Trinajstić information content (AvgIpc) is 2.60. The molecule has 0 aliphatic carbocycles. The van der Waals surface area contributed by atoms with Crippen molar-refractivity contribution in [2.75, 3.05) is 0 Å². The smallest absolute Gasteiger partial charge is 0.271 e. The van der Waals surface area contributed by atoms with Crippen molar-refractivity contribution < 1.29 is 9.50 Å². The molecule has 0 saturated carbocycles. The number of aromatic hydroxyl groups is 1. The number of halogens is 1. The zero-order valence-electron chi connectivity index (χ0n) is 14.3. The Hall–Kier alpha value is -2.94. The fraction of sp³-hybridized carbons (Fsp3) is 0.316. The summed E-state index contributed by atoms with van der Waals surface area (Å²) >= 11 is 0. The van der Waals surface area contributed by atoms with Crippen molar-refractivity contribution in [1.29, 1.82) is 5.26 Å². The molecular weight excluding hydrogens is 321 g/mol. The molecule has 0 saturated heterocycles. The molecule has 0 aliphatic rings. The van der Waals surface area contributed by atoms with Gasteiger partial charge in [-0.25, -0.2) is 4.39 Å². The molecule has 0 unspecified atom stereocenters. The lowest BCUT2D eigenvalue weighted by molar-refractivity contribution is 0.398. The van der Waals surface area contributed by atoms with Crippen molar-refractivity contribution in [2.45, 2.75) is 39.7 Å². The fourth-order valence-corrected chi connectivity index (χ4v) is 2.52. The Morgan fingerprint density at radius 2 is 2.00 bits per heavy atom. The molecule has 0 spiro atoms. The Kier molecular flexibility index (Phi) is 6.07. The highest BCUT2D eigenvalue weighted by atomic mass is 19.1. The second-order valence-electron chi connectivity index (χ2n) is 5.75. The van der Waals surface area contributed by atoms with Crippen molar-refractivity contribution in [3.8, 4) is 11.9 Å². The molecule has 2 aromatic rings. The quantitative estimate of drug-likeness (QED) is 0.641. The maximum Gasteiger partial charge on any atom is 0.271 e. The van der Waals surface area contributed by atoms with Gasteiger partial charge in [0.05, 0.1) is 11.3 Å². The summed E-state index contributed by atoms with van der Waals surface area (Å²) in [6, 6.07) is 7.48. The van der Waals surface area contributed by atoms with Gasteiger partial charge in [0.25, 0.3) is 5.56 Å². The third kappa shape index (κ3) is 4.13. The summed E-state index contributed by atoms with van der Waals surface area (Å²) in [6.07, 6.45) is 4.02. The molecule has 0 amide bonds. The van der Waals surface area contributed by atoms with Crippen LogP contribution in [0.25, 0.3) is 0 Å². The molecule has 2 rings (SSSR count). The van der Waals surface area contributed by atoms with Gasteiger partial charge in [-0.05, 0) is 43.2 Å². The van der Waals surface area contributed by atoms with Crippen LogP contribution in [0.1, 0.15) is 42.9 Å². The maximum absolute atomic E-state index is 13.0. The molecule has 1 N–H and O–H groups in total. The van der Waals surface area contributed by atoms with Crippen molar-refractivity contribution in [1.82, 2.24) is 4.57 Å². The molecular formula is C19H20FN3O2. The minimum atomic E-state index is -0.493. The van der Waals surface area contributed by atoms with E-state index in [4.69, 9.17) is 0 Å². The molecule has 1 aromatic heterocycles. The number of nitrogens with zero attached hydrogens (tertiary/aromatic N) is 3. The largest absolute Gasteiger partial charge is 0.494 e. The van der Waals surface area contributed by atoms with Gasteiger partial charge in [-0.3, -0.25) is 14.4 Å². The van der Waals surface area contributed by atoms with E-state index in [2.05, 4.69) is 4.99 Å². The van der Waals surface area contributed by atoms with Crippen LogP contribution in [0, 0.1) is 24.1 Å². The van der Waals surface area contributed by atoms with Gasteiger partial charge in [0.15, 0.2) is 0 Å². The van der Waals surface area contributed by atoms with Gasteiger partial charge < -0.3 is 5.11 Å². The van der Waals surface area contributed by atoms with E-state index < -0.39 is 5.56 Å². The number of rotatable bonds is 6. The van der Waals surface area contributed by atoms with E-state index in [0.717, 1.165) is 19.3 Å². The second-order valence-corrected chi connectivity index (χ2v) is 5.75. The van der Waals surface area contributed by atoms with Crippen LogP contribution >= 0.6 is 0 Å². The number of benzene rings is 1. The first-order valence-corrected chi connectivity index (χ1v) is 8.15. The monoisotopic (exact) mass is 341 g/mol. The first-order chi connectivity index (χ1) is 12.0. The lowest BCUT2D eigenvalue weighted by Crippen LogP contribution is -2.25. The van der Waals surface area contributed by atoms with Gasteiger partial charge in [-0.1, -0.05) is 19.8 Å². The van der Waals surface area contributed by atoms with Gasteiger partial charge in [-0.15, -0.1) is 0 Å². The molecule has 6 heteroatoms. The summed E-state index contributed by atoms with van der Waals surface area (Å²) in [6.45, 7) is 3.98. The minimum absolute atomic E-state index is 0.00476. The molecule has 1 heterocycles. The van der Waals surface area contributed by atoms with Crippen LogP contribution in [0.2, 0.25) is 0 Å². The Bertz CT molecular complexity index is 878. The van der Waals surface area contributed by atoms with Gasteiger partial charge in [0, 0.05) is 12.8 Å². The molecule has 0 fully saturated rings. The number of pyridine rings is 1. The predicted octanol–water partition coefficient (Wildman–Crippen LogP) is 3.81. The van der Waals surface area contributed by atoms with E-state index in [1.807, 2.05) is 13.0 Å². The first kappa shape index (κ1) is 18.4. The number of hydrogen-bond acceptors (Lipinski definition) is 4. The Morgan fingerprint density at radius 3 is 2.60 bits per heavy atom. The second kappa shape index (κ2) is 8.25.